The topological polar surface area (TPSA) is 54.5 Å². The van der Waals surface area contributed by atoms with Gasteiger partial charge in [0.25, 0.3) is 5.91 Å². The summed E-state index contributed by atoms with van der Waals surface area (Å²) in [5, 5.41) is 4.72. The highest BCUT2D eigenvalue weighted by molar-refractivity contribution is 5.94. The zero-order chi connectivity index (χ0) is 22.9. The van der Waals surface area contributed by atoms with Crippen molar-refractivity contribution in [1.82, 2.24) is 14.7 Å². The molecule has 0 unspecified atom stereocenters. The van der Waals surface area contributed by atoms with Crippen molar-refractivity contribution in [1.29, 1.82) is 0 Å². The number of nitrogens with zero attached hydrogens (tertiary/aromatic N) is 4. The summed E-state index contributed by atoms with van der Waals surface area (Å²) in [6, 6.07) is 18.2. The van der Waals surface area contributed by atoms with E-state index in [0.29, 0.717) is 49.0 Å². The normalized spacial score (nSPS) is 14.0. The van der Waals surface area contributed by atoms with Crippen molar-refractivity contribution < 1.29 is 13.6 Å². The third kappa shape index (κ3) is 4.02. The molecule has 0 aliphatic carbocycles. The van der Waals surface area contributed by atoms with E-state index < -0.39 is 0 Å². The lowest BCUT2D eigenvalue weighted by Gasteiger charge is -2.36. The first-order chi connectivity index (χ1) is 16.0. The van der Waals surface area contributed by atoms with E-state index in [4.69, 9.17) is 9.52 Å². The average Bonchev–Trinajstić information content (AvgIpc) is 3.49. The molecular formula is C26H25FN4O2. The largest absolute Gasteiger partial charge is 0.463 e. The highest BCUT2D eigenvalue weighted by atomic mass is 19.1. The second-order valence-corrected chi connectivity index (χ2v) is 8.32. The molecule has 3 heterocycles. The van der Waals surface area contributed by atoms with E-state index in [9.17, 15) is 9.18 Å². The summed E-state index contributed by atoms with van der Waals surface area (Å²) in [6.07, 6.45) is 1.59. The molecule has 0 saturated carbocycles. The number of hydrogen-bond donors (Lipinski definition) is 0. The molecule has 2 aromatic heterocycles. The molecule has 2 aromatic carbocycles. The van der Waals surface area contributed by atoms with Gasteiger partial charge in [-0.3, -0.25) is 4.79 Å². The molecule has 168 valence electrons. The number of hydrogen-bond acceptors (Lipinski definition) is 4. The number of rotatable bonds is 4. The van der Waals surface area contributed by atoms with Crippen molar-refractivity contribution >= 4 is 11.6 Å². The van der Waals surface area contributed by atoms with Crippen LogP contribution < -0.4 is 4.90 Å². The van der Waals surface area contributed by atoms with Gasteiger partial charge in [0.1, 0.15) is 17.2 Å². The summed E-state index contributed by atoms with van der Waals surface area (Å²) in [5.74, 6) is 0.263. The summed E-state index contributed by atoms with van der Waals surface area (Å²) < 4.78 is 21.4. The van der Waals surface area contributed by atoms with Gasteiger partial charge in [-0.2, -0.15) is 5.10 Å². The van der Waals surface area contributed by atoms with Gasteiger partial charge in [-0.05, 0) is 49.7 Å². The van der Waals surface area contributed by atoms with Crippen LogP contribution in [0.5, 0.6) is 0 Å². The number of halogens is 1. The maximum Gasteiger partial charge on any atom is 0.272 e. The van der Waals surface area contributed by atoms with E-state index in [2.05, 4.69) is 6.07 Å². The molecule has 0 bridgehead atoms. The van der Waals surface area contributed by atoms with Crippen LogP contribution in [0.1, 0.15) is 21.6 Å². The number of piperazine rings is 1. The Balaban J connectivity index is 1.44. The number of benzene rings is 2. The van der Waals surface area contributed by atoms with Crippen molar-refractivity contribution in [2.75, 3.05) is 31.1 Å². The lowest BCUT2D eigenvalue weighted by Crippen LogP contribution is -2.49. The van der Waals surface area contributed by atoms with Crippen molar-refractivity contribution in [2.24, 2.45) is 0 Å². The fourth-order valence-electron chi connectivity index (χ4n) is 4.33. The Hall–Kier alpha value is -3.87. The van der Waals surface area contributed by atoms with Gasteiger partial charge in [-0.25, -0.2) is 9.07 Å². The number of amides is 1. The molecule has 0 N–H and O–H groups in total. The molecule has 1 saturated heterocycles. The Morgan fingerprint density at radius 1 is 0.939 bits per heavy atom. The number of aryl methyl sites for hydroxylation is 2. The molecular weight excluding hydrogens is 419 g/mol. The van der Waals surface area contributed by atoms with Crippen molar-refractivity contribution in [3.8, 4) is 17.1 Å². The predicted molar refractivity (Wildman–Crippen MR) is 125 cm³/mol. The number of furan rings is 1. The minimum absolute atomic E-state index is 0.103. The van der Waals surface area contributed by atoms with Crippen LogP contribution >= 0.6 is 0 Å². The monoisotopic (exact) mass is 444 g/mol. The van der Waals surface area contributed by atoms with Gasteiger partial charge in [0.2, 0.25) is 0 Å². The summed E-state index contributed by atoms with van der Waals surface area (Å²) in [7, 11) is 0. The predicted octanol–water partition coefficient (Wildman–Crippen LogP) is 4.85. The highest BCUT2D eigenvalue weighted by Gasteiger charge is 2.27. The summed E-state index contributed by atoms with van der Waals surface area (Å²) in [5.41, 5.74) is 4.69. The quantitative estimate of drug-likeness (QED) is 0.452. The Bertz CT molecular complexity index is 1290. The van der Waals surface area contributed by atoms with E-state index in [1.165, 1.54) is 6.07 Å². The highest BCUT2D eigenvalue weighted by Crippen LogP contribution is 2.26. The van der Waals surface area contributed by atoms with Crippen LogP contribution in [0.4, 0.5) is 10.1 Å². The summed E-state index contributed by atoms with van der Waals surface area (Å²) in [6.45, 7) is 6.18. The third-order valence-electron chi connectivity index (χ3n) is 6.04. The number of carbonyl (C=O) groups is 1. The summed E-state index contributed by atoms with van der Waals surface area (Å²) in [4.78, 5) is 17.4. The molecule has 6 nitrogen and oxygen atoms in total. The Kier molecular flexibility index (Phi) is 5.46. The molecule has 5 rings (SSSR count). The molecule has 0 atom stereocenters. The molecule has 7 heteroatoms. The molecule has 1 fully saturated rings. The second-order valence-electron chi connectivity index (χ2n) is 8.32. The molecule has 0 radical (unpaired) electrons. The Morgan fingerprint density at radius 3 is 2.42 bits per heavy atom. The van der Waals surface area contributed by atoms with Gasteiger partial charge >= 0.3 is 0 Å². The van der Waals surface area contributed by atoms with Crippen LogP contribution in [-0.4, -0.2) is 46.8 Å². The van der Waals surface area contributed by atoms with E-state index in [-0.39, 0.29) is 11.7 Å². The number of para-hydroxylation sites is 1. The second kappa shape index (κ2) is 8.58. The van der Waals surface area contributed by atoms with Gasteiger partial charge in [0.05, 0.1) is 17.6 Å². The fraction of sp³-hybridized carbons (Fsp3) is 0.231. The smallest absolute Gasteiger partial charge is 0.272 e. The van der Waals surface area contributed by atoms with Crippen LogP contribution in [0.25, 0.3) is 17.1 Å². The number of aromatic nitrogens is 2. The fourth-order valence-corrected chi connectivity index (χ4v) is 4.33. The van der Waals surface area contributed by atoms with Crippen molar-refractivity contribution in [2.45, 2.75) is 13.8 Å². The van der Waals surface area contributed by atoms with Crippen molar-refractivity contribution in [3.05, 3.63) is 89.6 Å². The number of anilines is 1. The van der Waals surface area contributed by atoms with E-state index >= 15 is 0 Å². The molecule has 33 heavy (non-hydrogen) atoms. The van der Waals surface area contributed by atoms with Gasteiger partial charge in [-0.15, -0.1) is 0 Å². The first kappa shape index (κ1) is 21.0. The van der Waals surface area contributed by atoms with E-state index in [1.54, 1.807) is 40.1 Å². The molecule has 1 aliphatic rings. The van der Waals surface area contributed by atoms with Crippen molar-refractivity contribution in [3.63, 3.8) is 0 Å². The third-order valence-corrected chi connectivity index (χ3v) is 6.04. The molecule has 0 spiro atoms. The van der Waals surface area contributed by atoms with E-state index in [1.807, 2.05) is 43.0 Å². The van der Waals surface area contributed by atoms with Gasteiger partial charge < -0.3 is 14.2 Å². The molecule has 4 aromatic rings. The van der Waals surface area contributed by atoms with Gasteiger partial charge in [0.15, 0.2) is 5.76 Å². The number of carbonyl (C=O) groups excluding carboxylic acids is 1. The zero-order valence-electron chi connectivity index (χ0n) is 18.7. The van der Waals surface area contributed by atoms with Crippen LogP contribution in [0.3, 0.4) is 0 Å². The van der Waals surface area contributed by atoms with Gasteiger partial charge in [0, 0.05) is 32.2 Å². The average molecular weight is 445 g/mol. The maximum absolute atomic E-state index is 14.2. The zero-order valence-corrected chi connectivity index (χ0v) is 18.7. The minimum atomic E-state index is -0.242. The van der Waals surface area contributed by atoms with Crippen LogP contribution in [0, 0.1) is 19.7 Å². The molecule has 1 aliphatic heterocycles. The minimum Gasteiger partial charge on any atom is -0.463 e. The lowest BCUT2D eigenvalue weighted by atomic mass is 10.1. The Labute approximate surface area is 191 Å². The maximum atomic E-state index is 14.2. The SMILES string of the molecule is Cc1ccc(-n2nc(-c3ccco3)cc2C(=O)N2CCN(c3ccccc3F)CC2)c(C)c1. The van der Waals surface area contributed by atoms with Crippen LogP contribution in [0.2, 0.25) is 0 Å². The lowest BCUT2D eigenvalue weighted by molar-refractivity contribution is 0.0737. The Morgan fingerprint density at radius 2 is 1.73 bits per heavy atom. The van der Waals surface area contributed by atoms with Gasteiger partial charge in [-0.1, -0.05) is 29.8 Å². The summed E-state index contributed by atoms with van der Waals surface area (Å²) >= 11 is 0. The standard InChI is InChI=1S/C26H25FN4O2/c1-18-9-10-22(19(2)16-18)31-24(17-21(28-31)25-8-5-15-33-25)26(32)30-13-11-29(12-14-30)23-7-4-3-6-20(23)27/h3-10,15-17H,11-14H2,1-2H3. The molecule has 1 amide bonds. The van der Waals surface area contributed by atoms with Crippen LogP contribution in [-0.2, 0) is 0 Å². The van der Waals surface area contributed by atoms with Crippen LogP contribution in [0.15, 0.2) is 71.3 Å². The van der Waals surface area contributed by atoms with E-state index in [0.717, 1.165) is 16.8 Å². The first-order valence-corrected chi connectivity index (χ1v) is 11.0. The first-order valence-electron chi connectivity index (χ1n) is 11.0.